The van der Waals surface area contributed by atoms with Gasteiger partial charge in [-0.05, 0) is 44.9 Å². The highest BCUT2D eigenvalue weighted by atomic mass is 16.2. The van der Waals surface area contributed by atoms with Gasteiger partial charge in [0.1, 0.15) is 0 Å². The van der Waals surface area contributed by atoms with Crippen LogP contribution in [0, 0.1) is 23.7 Å². The summed E-state index contributed by atoms with van der Waals surface area (Å²) in [6, 6.07) is 0.274. The van der Waals surface area contributed by atoms with Crippen molar-refractivity contribution >= 4 is 11.8 Å². The average molecular weight is 357 g/mol. The molecule has 0 rings (SSSR count). The summed E-state index contributed by atoms with van der Waals surface area (Å²) in [7, 11) is 0. The molecule has 0 aliphatic heterocycles. The number of amides is 2. The predicted molar refractivity (Wildman–Crippen MR) is 104 cm³/mol. The average Bonchev–Trinajstić information content (AvgIpc) is 2.48. The largest absolute Gasteiger partial charge is 0.356 e. The lowest BCUT2D eigenvalue weighted by Crippen LogP contribution is -2.38. The van der Waals surface area contributed by atoms with Crippen LogP contribution >= 0.6 is 0 Å². The summed E-state index contributed by atoms with van der Waals surface area (Å²) in [6.07, 6.45) is 2.31. The summed E-state index contributed by atoms with van der Waals surface area (Å²) in [4.78, 5) is 24.4. The van der Waals surface area contributed by atoms with Crippen LogP contribution in [-0.2, 0) is 9.59 Å². The van der Waals surface area contributed by atoms with Crippen molar-refractivity contribution in [1.82, 2.24) is 10.6 Å². The summed E-state index contributed by atoms with van der Waals surface area (Å²) in [5.74, 6) is 0.323. The number of carbonyl (C=O) groups excluding carboxylic acids is 2. The minimum absolute atomic E-state index is 0.00139. The first-order valence-electron chi connectivity index (χ1n) is 9.59. The van der Waals surface area contributed by atoms with Gasteiger partial charge in [0, 0.05) is 37.0 Å². The smallest absolute Gasteiger partial charge is 0.222 e. The number of carbonyl (C=O) groups is 2. The van der Waals surface area contributed by atoms with E-state index in [2.05, 4.69) is 24.5 Å². The van der Waals surface area contributed by atoms with Gasteiger partial charge in [-0.3, -0.25) is 9.59 Å². The maximum Gasteiger partial charge on any atom is 0.222 e. The van der Waals surface area contributed by atoms with Crippen molar-refractivity contribution in [3.63, 3.8) is 0 Å². The molecule has 4 unspecified atom stereocenters. The SMILES string of the molecule is CC(N)CC(C)CNC(=O)C(C)C[C@@H](C)C(=O)NCC(C)C[C@H](C)N. The molecule has 0 aliphatic carbocycles. The van der Waals surface area contributed by atoms with Crippen LogP contribution < -0.4 is 22.1 Å². The van der Waals surface area contributed by atoms with Crippen molar-refractivity contribution in [3.05, 3.63) is 0 Å². The maximum absolute atomic E-state index is 12.2. The minimum atomic E-state index is -0.190. The van der Waals surface area contributed by atoms with Gasteiger partial charge in [-0.1, -0.05) is 27.7 Å². The van der Waals surface area contributed by atoms with E-state index in [1.54, 1.807) is 0 Å². The van der Waals surface area contributed by atoms with Crippen LogP contribution in [-0.4, -0.2) is 37.0 Å². The molecule has 2 amide bonds. The molecule has 0 aromatic rings. The second kappa shape index (κ2) is 12.3. The highest BCUT2D eigenvalue weighted by molar-refractivity contribution is 5.81. The van der Waals surface area contributed by atoms with Crippen LogP contribution in [0.1, 0.15) is 60.8 Å². The molecule has 6 atom stereocenters. The van der Waals surface area contributed by atoms with Gasteiger partial charge in [0.2, 0.25) is 11.8 Å². The van der Waals surface area contributed by atoms with E-state index >= 15 is 0 Å². The van der Waals surface area contributed by atoms with Crippen LogP contribution in [0.4, 0.5) is 0 Å². The molecule has 148 valence electrons. The normalized spacial score (nSPS) is 18.6. The molecule has 0 spiro atoms. The van der Waals surface area contributed by atoms with Gasteiger partial charge in [-0.2, -0.15) is 0 Å². The minimum Gasteiger partial charge on any atom is -0.356 e. The van der Waals surface area contributed by atoms with Crippen molar-refractivity contribution in [1.29, 1.82) is 0 Å². The lowest BCUT2D eigenvalue weighted by Gasteiger charge is -2.20. The molecular formula is C19H40N4O2. The Bertz CT molecular complexity index is 363. The van der Waals surface area contributed by atoms with E-state index in [-0.39, 0.29) is 35.7 Å². The lowest BCUT2D eigenvalue weighted by atomic mass is 9.95. The number of rotatable bonds is 12. The van der Waals surface area contributed by atoms with Gasteiger partial charge < -0.3 is 22.1 Å². The second-order valence-electron chi connectivity index (χ2n) is 8.16. The van der Waals surface area contributed by atoms with Crippen molar-refractivity contribution in [2.24, 2.45) is 35.1 Å². The Morgan fingerprint density at radius 3 is 1.28 bits per heavy atom. The molecule has 0 bridgehead atoms. The number of nitrogens with one attached hydrogen (secondary N) is 2. The number of hydrogen-bond donors (Lipinski definition) is 4. The van der Waals surface area contributed by atoms with E-state index in [1.807, 2.05) is 27.7 Å². The quantitative estimate of drug-likeness (QED) is 0.426. The Kier molecular flexibility index (Phi) is 11.7. The fraction of sp³-hybridized carbons (Fsp3) is 0.895. The van der Waals surface area contributed by atoms with Gasteiger partial charge in [-0.25, -0.2) is 0 Å². The molecule has 25 heavy (non-hydrogen) atoms. The summed E-state index contributed by atoms with van der Waals surface area (Å²) in [5, 5.41) is 5.93. The van der Waals surface area contributed by atoms with E-state index in [0.29, 0.717) is 31.3 Å². The Balaban J connectivity index is 4.15. The van der Waals surface area contributed by atoms with Crippen molar-refractivity contribution in [2.75, 3.05) is 13.1 Å². The van der Waals surface area contributed by atoms with Crippen LogP contribution in [0.5, 0.6) is 0 Å². The first kappa shape index (κ1) is 23.9. The Morgan fingerprint density at radius 1 is 0.680 bits per heavy atom. The molecule has 0 heterocycles. The summed E-state index contributed by atoms with van der Waals surface area (Å²) < 4.78 is 0. The number of hydrogen-bond acceptors (Lipinski definition) is 4. The van der Waals surface area contributed by atoms with E-state index < -0.39 is 0 Å². The van der Waals surface area contributed by atoms with E-state index in [9.17, 15) is 9.59 Å². The van der Waals surface area contributed by atoms with Gasteiger partial charge in [0.15, 0.2) is 0 Å². The second-order valence-corrected chi connectivity index (χ2v) is 8.16. The van der Waals surface area contributed by atoms with E-state index in [4.69, 9.17) is 11.5 Å². The third kappa shape index (κ3) is 11.9. The highest BCUT2D eigenvalue weighted by Crippen LogP contribution is 2.13. The van der Waals surface area contributed by atoms with Gasteiger partial charge in [0.05, 0.1) is 0 Å². The molecule has 0 aromatic heterocycles. The Labute approximate surface area is 153 Å². The standard InChI is InChI=1S/C19H40N4O2/c1-12(7-16(5)20)10-22-18(24)14(3)9-15(4)19(25)23-11-13(2)8-17(6)21/h12-17H,7-11,20-21H2,1-6H3,(H,22,24)(H,23,25)/t12?,13?,14-,15?,16+,17?/m1/s1. The zero-order valence-electron chi connectivity index (χ0n) is 17.0. The van der Waals surface area contributed by atoms with Crippen molar-refractivity contribution in [3.8, 4) is 0 Å². The van der Waals surface area contributed by atoms with E-state index in [0.717, 1.165) is 12.8 Å². The van der Waals surface area contributed by atoms with Crippen LogP contribution in [0.25, 0.3) is 0 Å². The lowest BCUT2D eigenvalue weighted by molar-refractivity contribution is -0.127. The predicted octanol–water partition coefficient (Wildman–Crippen LogP) is 1.63. The van der Waals surface area contributed by atoms with Gasteiger partial charge >= 0.3 is 0 Å². The molecule has 6 N–H and O–H groups in total. The summed E-state index contributed by atoms with van der Waals surface area (Å²) in [5.41, 5.74) is 11.5. The van der Waals surface area contributed by atoms with Crippen LogP contribution in [0.15, 0.2) is 0 Å². The third-order valence-corrected chi connectivity index (χ3v) is 4.40. The molecule has 0 saturated heterocycles. The summed E-state index contributed by atoms with van der Waals surface area (Å²) in [6.45, 7) is 13.1. The third-order valence-electron chi connectivity index (χ3n) is 4.40. The molecule has 0 aromatic carbocycles. The molecule has 0 aliphatic rings. The molecule has 0 saturated carbocycles. The highest BCUT2D eigenvalue weighted by Gasteiger charge is 2.21. The molecule has 0 radical (unpaired) electrons. The van der Waals surface area contributed by atoms with Crippen molar-refractivity contribution in [2.45, 2.75) is 72.9 Å². The molecule has 6 heteroatoms. The molecular weight excluding hydrogens is 316 g/mol. The molecule has 0 fully saturated rings. The van der Waals surface area contributed by atoms with Crippen molar-refractivity contribution < 1.29 is 9.59 Å². The first-order chi connectivity index (χ1) is 11.5. The Morgan fingerprint density at radius 2 is 1.00 bits per heavy atom. The first-order valence-corrected chi connectivity index (χ1v) is 9.59. The zero-order chi connectivity index (χ0) is 19.6. The number of nitrogens with two attached hydrogens (primary N) is 2. The van der Waals surface area contributed by atoms with Gasteiger partial charge in [-0.15, -0.1) is 0 Å². The monoisotopic (exact) mass is 356 g/mol. The summed E-state index contributed by atoms with van der Waals surface area (Å²) >= 11 is 0. The van der Waals surface area contributed by atoms with E-state index in [1.165, 1.54) is 0 Å². The fourth-order valence-electron chi connectivity index (χ4n) is 3.08. The molecule has 6 nitrogen and oxygen atoms in total. The van der Waals surface area contributed by atoms with Crippen LogP contribution in [0.3, 0.4) is 0 Å². The fourth-order valence-corrected chi connectivity index (χ4v) is 3.08. The van der Waals surface area contributed by atoms with Crippen LogP contribution in [0.2, 0.25) is 0 Å². The van der Waals surface area contributed by atoms with Gasteiger partial charge in [0.25, 0.3) is 0 Å². The Hall–Kier alpha value is -1.14. The maximum atomic E-state index is 12.2. The zero-order valence-corrected chi connectivity index (χ0v) is 17.0. The topological polar surface area (TPSA) is 110 Å².